The number of para-hydroxylation sites is 1. The van der Waals surface area contributed by atoms with Crippen LogP contribution in [-0.2, 0) is 0 Å². The first kappa shape index (κ1) is 26.8. The molecule has 0 fully saturated rings. The van der Waals surface area contributed by atoms with E-state index in [1.165, 1.54) is 38.9 Å². The van der Waals surface area contributed by atoms with Crippen LogP contribution < -0.4 is 0 Å². The van der Waals surface area contributed by atoms with Crippen molar-refractivity contribution in [1.82, 2.24) is 19.5 Å². The molecule has 4 heteroatoms. The Morgan fingerprint density at radius 1 is 0.500 bits per heavy atom. The number of nitrogens with zero attached hydrogens (tertiary/aromatic N) is 4. The maximum absolute atomic E-state index is 5.22. The summed E-state index contributed by atoms with van der Waals surface area (Å²) < 4.78 is 2.12. The molecule has 6 aromatic carbocycles. The molecule has 3 aromatic heterocycles. The highest BCUT2D eigenvalue weighted by Crippen LogP contribution is 2.51. The summed E-state index contributed by atoms with van der Waals surface area (Å²) in [7, 11) is 0. The van der Waals surface area contributed by atoms with Crippen LogP contribution in [0.3, 0.4) is 0 Å². The van der Waals surface area contributed by atoms with Gasteiger partial charge in [0.2, 0.25) is 5.95 Å². The van der Waals surface area contributed by atoms with E-state index < -0.39 is 0 Å². The van der Waals surface area contributed by atoms with Crippen LogP contribution in [0.2, 0.25) is 0 Å². The predicted octanol–water partition coefficient (Wildman–Crippen LogP) is 10.6. The summed E-state index contributed by atoms with van der Waals surface area (Å²) >= 11 is 0. The van der Waals surface area contributed by atoms with Crippen molar-refractivity contribution in [1.29, 1.82) is 0 Å². The Balaban J connectivity index is 1.21. The monoisotopic (exact) mass is 612 g/mol. The molecule has 0 saturated carbocycles. The summed E-state index contributed by atoms with van der Waals surface area (Å²) in [5.41, 5.74) is 13.8. The highest BCUT2D eigenvalue weighted by Gasteiger charge is 2.32. The molecule has 0 unspecified atom stereocenters. The first-order chi connectivity index (χ1) is 23.8. The van der Waals surface area contributed by atoms with Crippen molar-refractivity contribution in [2.24, 2.45) is 0 Å². The number of aromatic nitrogens is 4. The minimum absolute atomic E-state index is 0.162. The molecule has 9 aromatic rings. The fraction of sp³-hybridized carbons (Fsp3) is 0.0227. The minimum Gasteiger partial charge on any atom is -0.262 e. The summed E-state index contributed by atoms with van der Waals surface area (Å²) in [5.74, 6) is 0.772. The highest BCUT2D eigenvalue weighted by atomic mass is 15.2. The molecule has 0 bridgehead atoms. The Morgan fingerprint density at radius 2 is 1.23 bits per heavy atom. The van der Waals surface area contributed by atoms with Crippen molar-refractivity contribution in [2.45, 2.75) is 5.92 Å². The van der Waals surface area contributed by atoms with Gasteiger partial charge in [-0.15, -0.1) is 0 Å². The Bertz CT molecular complexity index is 2670. The van der Waals surface area contributed by atoms with Gasteiger partial charge in [-0.2, -0.15) is 0 Å². The molecule has 10 rings (SSSR count). The fourth-order valence-electron chi connectivity index (χ4n) is 7.70. The second kappa shape index (κ2) is 10.6. The molecule has 48 heavy (non-hydrogen) atoms. The van der Waals surface area contributed by atoms with Gasteiger partial charge in [0.25, 0.3) is 0 Å². The molecule has 1 aliphatic carbocycles. The predicted molar refractivity (Wildman–Crippen MR) is 195 cm³/mol. The molecule has 4 nitrogen and oxygen atoms in total. The number of fused-ring (bicyclic) bond motifs is 7. The quantitative estimate of drug-likeness (QED) is 0.199. The molecular weight excluding hydrogens is 585 g/mol. The minimum atomic E-state index is 0.162. The van der Waals surface area contributed by atoms with E-state index in [-0.39, 0.29) is 5.92 Å². The molecule has 0 saturated heterocycles. The Kier molecular flexibility index (Phi) is 5.90. The molecule has 0 spiro atoms. The van der Waals surface area contributed by atoms with Crippen molar-refractivity contribution < 1.29 is 0 Å². The topological polar surface area (TPSA) is 43.6 Å². The van der Waals surface area contributed by atoms with Crippen LogP contribution in [0.25, 0.3) is 72.3 Å². The highest BCUT2D eigenvalue weighted by molar-refractivity contribution is 6.09. The van der Waals surface area contributed by atoms with Gasteiger partial charge in [0.1, 0.15) is 5.65 Å². The molecule has 0 amide bonds. The van der Waals surface area contributed by atoms with Gasteiger partial charge in [-0.25, -0.2) is 15.0 Å². The lowest BCUT2D eigenvalue weighted by atomic mass is 9.85. The number of hydrogen-bond acceptors (Lipinski definition) is 3. The molecule has 1 aliphatic rings. The normalized spacial score (nSPS) is 13.6. The van der Waals surface area contributed by atoms with Crippen LogP contribution in [0.1, 0.15) is 22.6 Å². The summed E-state index contributed by atoms with van der Waals surface area (Å²) in [4.78, 5) is 15.2. The Labute approximate surface area is 277 Å². The molecule has 0 aliphatic heterocycles. The number of benzene rings is 6. The SMILES string of the molecule is c1ccc(-c2nc(-n3c4ccc(-c5cccc6c5[C@@H](c5ccccc5)c5ccccc5-6)cc4c4cccnc43)nc3ccccc23)cc1. The van der Waals surface area contributed by atoms with Crippen LogP contribution in [-0.4, -0.2) is 19.5 Å². The van der Waals surface area contributed by atoms with Crippen molar-refractivity contribution in [3.8, 4) is 39.5 Å². The molecule has 0 N–H and O–H groups in total. The second-order valence-corrected chi connectivity index (χ2v) is 12.4. The zero-order valence-corrected chi connectivity index (χ0v) is 26.0. The standard InChI is InChI=1S/C44H28N4/c1-3-13-28(14-4-1)40-33-18-8-7-17-32(33)34-21-11-20-31(41(34)40)30-24-25-39-37(27-30)35-22-12-26-45-43(35)48(39)44-46-38-23-10-9-19-36(38)42(47-44)29-15-5-2-6-16-29/h1-27,40H/t40-/m0/s1. The van der Waals surface area contributed by atoms with Crippen LogP contribution in [0, 0.1) is 0 Å². The van der Waals surface area contributed by atoms with Gasteiger partial charge in [0.05, 0.1) is 16.7 Å². The first-order valence-electron chi connectivity index (χ1n) is 16.3. The number of rotatable bonds is 4. The smallest absolute Gasteiger partial charge is 0.237 e. The maximum atomic E-state index is 5.22. The van der Waals surface area contributed by atoms with E-state index in [9.17, 15) is 0 Å². The van der Waals surface area contributed by atoms with Gasteiger partial charge >= 0.3 is 0 Å². The molecule has 0 radical (unpaired) electrons. The van der Waals surface area contributed by atoms with Crippen molar-refractivity contribution in [3.63, 3.8) is 0 Å². The third kappa shape index (κ3) is 3.99. The molecule has 3 heterocycles. The van der Waals surface area contributed by atoms with Gasteiger partial charge in [-0.1, -0.05) is 127 Å². The lowest BCUT2D eigenvalue weighted by Gasteiger charge is -2.18. The summed E-state index contributed by atoms with van der Waals surface area (Å²) in [6.07, 6.45) is 1.85. The summed E-state index contributed by atoms with van der Waals surface area (Å²) in [6, 6.07) is 56.0. The van der Waals surface area contributed by atoms with E-state index in [0.717, 1.165) is 44.1 Å². The zero-order chi connectivity index (χ0) is 31.6. The number of hydrogen-bond donors (Lipinski definition) is 0. The lowest BCUT2D eigenvalue weighted by Crippen LogP contribution is -2.04. The first-order valence-corrected chi connectivity index (χ1v) is 16.3. The van der Waals surface area contributed by atoms with Crippen LogP contribution in [0.4, 0.5) is 0 Å². The van der Waals surface area contributed by atoms with E-state index in [2.05, 4.69) is 138 Å². The average Bonchev–Trinajstić information content (AvgIpc) is 3.68. The van der Waals surface area contributed by atoms with Gasteiger partial charge in [0, 0.05) is 33.8 Å². The second-order valence-electron chi connectivity index (χ2n) is 12.4. The van der Waals surface area contributed by atoms with Gasteiger partial charge < -0.3 is 0 Å². The third-order valence-electron chi connectivity index (χ3n) is 9.77. The van der Waals surface area contributed by atoms with Crippen molar-refractivity contribution in [3.05, 3.63) is 181 Å². The van der Waals surface area contributed by atoms with Gasteiger partial charge in [-0.3, -0.25) is 4.57 Å². The molecule has 1 atom stereocenters. The zero-order valence-electron chi connectivity index (χ0n) is 26.0. The Morgan fingerprint density at radius 3 is 2.12 bits per heavy atom. The fourth-order valence-corrected chi connectivity index (χ4v) is 7.70. The summed E-state index contributed by atoms with van der Waals surface area (Å²) in [6.45, 7) is 0. The number of pyridine rings is 1. The third-order valence-corrected chi connectivity index (χ3v) is 9.77. The van der Waals surface area contributed by atoms with E-state index in [0.29, 0.717) is 5.95 Å². The molecule has 224 valence electrons. The van der Waals surface area contributed by atoms with E-state index in [1.54, 1.807) is 0 Å². The summed E-state index contributed by atoms with van der Waals surface area (Å²) in [5, 5.41) is 3.22. The van der Waals surface area contributed by atoms with Crippen molar-refractivity contribution in [2.75, 3.05) is 0 Å². The van der Waals surface area contributed by atoms with Crippen molar-refractivity contribution >= 4 is 32.8 Å². The van der Waals surface area contributed by atoms with Gasteiger partial charge in [0.15, 0.2) is 0 Å². The Hall–Kier alpha value is -6.39. The lowest BCUT2D eigenvalue weighted by molar-refractivity contribution is 0.997. The van der Waals surface area contributed by atoms with E-state index in [1.807, 2.05) is 30.5 Å². The van der Waals surface area contributed by atoms with Gasteiger partial charge in [-0.05, 0) is 69.3 Å². The van der Waals surface area contributed by atoms with E-state index >= 15 is 0 Å². The van der Waals surface area contributed by atoms with Crippen LogP contribution in [0.15, 0.2) is 164 Å². The molecular formula is C44H28N4. The largest absolute Gasteiger partial charge is 0.262 e. The van der Waals surface area contributed by atoms with Crippen LogP contribution in [0.5, 0.6) is 0 Å². The van der Waals surface area contributed by atoms with Crippen LogP contribution >= 0.6 is 0 Å². The van der Waals surface area contributed by atoms with E-state index in [4.69, 9.17) is 15.0 Å². The maximum Gasteiger partial charge on any atom is 0.237 e. The average molecular weight is 613 g/mol.